The average Bonchev–Trinajstić information content (AvgIpc) is 3.21. The molecule has 0 radical (unpaired) electrons. The number of benzene rings is 2. The van der Waals surface area contributed by atoms with Crippen molar-refractivity contribution >= 4 is 46.3 Å². The molecule has 0 spiro atoms. The Hall–Kier alpha value is -4.58. The van der Waals surface area contributed by atoms with E-state index in [2.05, 4.69) is 0 Å². The molecule has 12 heteroatoms. The third-order valence-corrected chi connectivity index (χ3v) is 7.22. The zero-order valence-corrected chi connectivity index (χ0v) is 21.6. The maximum Gasteiger partial charge on any atom is 0.357 e. The number of methoxy groups -OCH3 is 4. The Morgan fingerprint density at radius 2 is 1.55 bits per heavy atom. The van der Waals surface area contributed by atoms with Crippen LogP contribution in [0.3, 0.4) is 0 Å². The van der Waals surface area contributed by atoms with Gasteiger partial charge in [0.25, 0.3) is 0 Å². The van der Waals surface area contributed by atoms with Crippen molar-refractivity contribution in [2.75, 3.05) is 34.2 Å². The lowest BCUT2D eigenvalue weighted by Gasteiger charge is -2.23. The first-order valence-corrected chi connectivity index (χ1v) is 11.9. The number of phenolic OH excluding ortho intramolecular Hbond substituents is 2. The molecule has 1 aromatic heterocycles. The lowest BCUT2D eigenvalue weighted by atomic mass is 10.1. The van der Waals surface area contributed by atoms with Crippen LogP contribution >= 0.6 is 11.8 Å². The Bertz CT molecular complexity index is 1590. The molecule has 2 aromatic carbocycles. The number of nitrogens with two attached hydrogens (primary N) is 1. The largest absolute Gasteiger partial charge is 0.504 e. The van der Waals surface area contributed by atoms with Gasteiger partial charge >= 0.3 is 11.9 Å². The van der Waals surface area contributed by atoms with Crippen LogP contribution in [0.1, 0.15) is 31.7 Å². The number of hydrogen-bond acceptors (Lipinski definition) is 11. The van der Waals surface area contributed by atoms with E-state index in [1.165, 1.54) is 51.7 Å². The Balaban J connectivity index is 2.09. The van der Waals surface area contributed by atoms with E-state index in [-0.39, 0.29) is 49.9 Å². The second-order valence-corrected chi connectivity index (χ2v) is 9.13. The molecule has 2 heterocycles. The highest BCUT2D eigenvalue weighted by Crippen LogP contribution is 2.42. The first-order chi connectivity index (χ1) is 18.2. The van der Waals surface area contributed by atoms with Gasteiger partial charge in [0.05, 0.1) is 39.5 Å². The van der Waals surface area contributed by atoms with Crippen molar-refractivity contribution < 1.29 is 43.5 Å². The summed E-state index contributed by atoms with van der Waals surface area (Å²) >= 11 is 0.911. The molecule has 1 unspecified atom stereocenters. The molecule has 4 N–H and O–H groups in total. The summed E-state index contributed by atoms with van der Waals surface area (Å²) in [4.78, 5) is 39.8. The first-order valence-electron chi connectivity index (χ1n) is 11.0. The fourth-order valence-electron chi connectivity index (χ4n) is 4.09. The molecule has 4 rings (SSSR count). The number of anilines is 1. The van der Waals surface area contributed by atoms with Crippen molar-refractivity contribution in [3.8, 4) is 23.0 Å². The van der Waals surface area contributed by atoms with Crippen LogP contribution in [-0.2, 0) is 14.3 Å². The van der Waals surface area contributed by atoms with Crippen LogP contribution in [0.5, 0.6) is 23.0 Å². The van der Waals surface area contributed by atoms with E-state index in [1.54, 1.807) is 12.1 Å². The lowest BCUT2D eigenvalue weighted by Crippen LogP contribution is -2.42. The van der Waals surface area contributed by atoms with Crippen molar-refractivity contribution in [1.29, 1.82) is 0 Å². The summed E-state index contributed by atoms with van der Waals surface area (Å²) < 4.78 is 21.3. The molecule has 0 saturated carbocycles. The number of nitrogen functional groups attached to an aromatic ring is 1. The van der Waals surface area contributed by atoms with Crippen LogP contribution in [-0.4, -0.2) is 61.1 Å². The number of phenols is 2. The molecule has 0 saturated heterocycles. The van der Waals surface area contributed by atoms with E-state index < -0.39 is 23.1 Å². The van der Waals surface area contributed by atoms with Crippen LogP contribution in [0.25, 0.3) is 11.0 Å². The highest BCUT2D eigenvalue weighted by atomic mass is 32.2. The van der Waals surface area contributed by atoms with Gasteiger partial charge in [0.1, 0.15) is 10.2 Å². The van der Waals surface area contributed by atoms with Crippen LogP contribution in [0.15, 0.2) is 36.4 Å². The third-order valence-electron chi connectivity index (χ3n) is 5.91. The van der Waals surface area contributed by atoms with Gasteiger partial charge < -0.3 is 34.9 Å². The Kier molecular flexibility index (Phi) is 7.26. The highest BCUT2D eigenvalue weighted by Gasteiger charge is 2.38. The standard InChI is InChI=1S/C26H24N2O9S/c1-34-17-10-12(5-7-15(17)29)9-14-19(27)21(25(32)36-3)28-20(14)23(26(33)37-4)38-22(24(28)31)13-6-8-16(30)18(11-13)35-2/h5-11,22,29-30H,27H2,1-4H3/b14-9+. The molecule has 0 fully saturated rings. The summed E-state index contributed by atoms with van der Waals surface area (Å²) in [5, 5.41) is 19.2. The van der Waals surface area contributed by atoms with E-state index in [4.69, 9.17) is 24.7 Å². The van der Waals surface area contributed by atoms with Gasteiger partial charge in [-0.15, -0.1) is 0 Å². The van der Waals surface area contributed by atoms with Gasteiger partial charge in [-0.25, -0.2) is 9.59 Å². The number of rotatable bonds is 6. The van der Waals surface area contributed by atoms with Gasteiger partial charge in [-0.05, 0) is 41.5 Å². The van der Waals surface area contributed by atoms with E-state index in [0.717, 1.165) is 23.4 Å². The molecule has 1 aliphatic heterocycles. The van der Waals surface area contributed by atoms with Gasteiger partial charge in [-0.2, -0.15) is 0 Å². The van der Waals surface area contributed by atoms with Gasteiger partial charge in [0.2, 0.25) is 5.91 Å². The van der Waals surface area contributed by atoms with Gasteiger partial charge in [0, 0.05) is 5.22 Å². The minimum absolute atomic E-state index is 0.0167. The molecule has 198 valence electrons. The molecule has 0 aliphatic carbocycles. The lowest BCUT2D eigenvalue weighted by molar-refractivity contribution is -0.133. The van der Waals surface area contributed by atoms with Crippen molar-refractivity contribution in [2.24, 2.45) is 0 Å². The zero-order valence-electron chi connectivity index (χ0n) is 20.8. The first kappa shape index (κ1) is 26.5. The van der Waals surface area contributed by atoms with Crippen LogP contribution < -0.4 is 25.8 Å². The van der Waals surface area contributed by atoms with Gasteiger partial charge in [-0.3, -0.25) is 9.36 Å². The normalized spacial score (nSPS) is 15.2. The van der Waals surface area contributed by atoms with Crippen molar-refractivity contribution in [2.45, 2.75) is 5.25 Å². The number of ether oxygens (including phenoxy) is 4. The third kappa shape index (κ3) is 4.39. The highest BCUT2D eigenvalue weighted by molar-refractivity contribution is 8.10. The number of carbonyl (C=O) groups is 3. The maximum absolute atomic E-state index is 13.9. The molecular weight excluding hydrogens is 516 g/mol. The summed E-state index contributed by atoms with van der Waals surface area (Å²) in [6.07, 6.45) is 1.55. The van der Waals surface area contributed by atoms with Crippen molar-refractivity contribution in [3.05, 3.63) is 63.8 Å². The number of carbonyl (C=O) groups excluding carboxylic acids is 3. The van der Waals surface area contributed by atoms with Crippen LogP contribution in [0, 0.1) is 0 Å². The second-order valence-electron chi connectivity index (χ2n) is 8.02. The summed E-state index contributed by atoms with van der Waals surface area (Å²) in [6, 6.07) is 8.83. The average molecular weight is 541 g/mol. The Morgan fingerprint density at radius 3 is 2.16 bits per heavy atom. The minimum Gasteiger partial charge on any atom is -0.504 e. The summed E-state index contributed by atoms with van der Waals surface area (Å²) in [5.41, 5.74) is 6.95. The Morgan fingerprint density at radius 1 is 0.947 bits per heavy atom. The summed E-state index contributed by atoms with van der Waals surface area (Å²) in [6.45, 7) is 0. The predicted molar refractivity (Wildman–Crippen MR) is 139 cm³/mol. The molecule has 11 nitrogen and oxygen atoms in total. The van der Waals surface area contributed by atoms with E-state index in [1.807, 2.05) is 0 Å². The molecule has 3 aromatic rings. The van der Waals surface area contributed by atoms with Gasteiger partial charge in [-0.1, -0.05) is 23.9 Å². The number of nitrogens with zero attached hydrogens (tertiary/aromatic N) is 1. The monoisotopic (exact) mass is 540 g/mol. The minimum atomic E-state index is -1.03. The molecule has 0 amide bonds. The van der Waals surface area contributed by atoms with Crippen molar-refractivity contribution in [1.82, 2.24) is 4.57 Å². The number of aromatic nitrogens is 1. The summed E-state index contributed by atoms with van der Waals surface area (Å²) in [5.74, 6) is -2.15. The molecule has 38 heavy (non-hydrogen) atoms. The summed E-state index contributed by atoms with van der Waals surface area (Å²) in [7, 11) is 5.09. The molecular formula is C26H24N2O9S. The number of esters is 2. The van der Waals surface area contributed by atoms with E-state index in [9.17, 15) is 24.6 Å². The number of aromatic hydroxyl groups is 2. The second kappa shape index (κ2) is 10.4. The fourth-order valence-corrected chi connectivity index (χ4v) is 5.31. The quantitative estimate of drug-likeness (QED) is 0.389. The predicted octanol–water partition coefficient (Wildman–Crippen LogP) is 1.52. The van der Waals surface area contributed by atoms with E-state index >= 15 is 0 Å². The molecule has 0 bridgehead atoms. The number of hydrogen-bond donors (Lipinski definition) is 3. The molecule has 1 atom stereocenters. The van der Waals surface area contributed by atoms with Crippen LogP contribution in [0.2, 0.25) is 0 Å². The van der Waals surface area contributed by atoms with E-state index in [0.29, 0.717) is 11.1 Å². The van der Waals surface area contributed by atoms with Gasteiger partial charge in [0.15, 0.2) is 28.7 Å². The van der Waals surface area contributed by atoms with Crippen LogP contribution in [0.4, 0.5) is 5.69 Å². The maximum atomic E-state index is 13.9. The van der Waals surface area contributed by atoms with Crippen molar-refractivity contribution in [3.63, 3.8) is 0 Å². The Labute approximate surface area is 220 Å². The fraction of sp³-hybridized carbons (Fsp3) is 0.192. The topological polar surface area (TPSA) is 160 Å². The smallest absolute Gasteiger partial charge is 0.357 e. The number of fused-ring (bicyclic) bond motifs is 1. The molecule has 1 aliphatic rings. The SMILES string of the molecule is COC(=O)C1=c2/c(=C/c3ccc(O)c(OC)c3)c(N)c(C(=O)OC)n2C(=O)C(c2ccc(O)c(OC)c2)S1. The number of thioether (sulfide) groups is 1. The zero-order chi connectivity index (χ0) is 27.7.